The molecule has 2 aliphatic carbocycles. The number of nitrogens with one attached hydrogen (secondary N) is 2. The molecule has 6 aromatic rings. The van der Waals surface area contributed by atoms with E-state index >= 15 is 0 Å². The van der Waals surface area contributed by atoms with Crippen LogP contribution in [0.4, 0.5) is 38.2 Å². The first-order valence-electron chi connectivity index (χ1n) is 18.5. The van der Waals surface area contributed by atoms with Gasteiger partial charge in [-0.3, -0.25) is 14.8 Å². The summed E-state index contributed by atoms with van der Waals surface area (Å²) in [5.74, 6) is -3.37. The van der Waals surface area contributed by atoms with Crippen molar-refractivity contribution in [1.29, 1.82) is 0 Å². The van der Waals surface area contributed by atoms with Gasteiger partial charge in [0.25, 0.3) is 0 Å². The van der Waals surface area contributed by atoms with Crippen LogP contribution in [-0.4, -0.2) is 82.6 Å². The average Bonchev–Trinajstić information content (AvgIpc) is 3.21. The number of benzene rings is 2. The van der Waals surface area contributed by atoms with Gasteiger partial charge in [0.1, 0.15) is 47.0 Å². The number of alkyl halides is 2. The van der Waals surface area contributed by atoms with Crippen LogP contribution in [-0.2, 0) is 10.8 Å². The zero-order chi connectivity index (χ0) is 42.6. The lowest BCUT2D eigenvalue weighted by molar-refractivity contribution is 0.0696. The van der Waals surface area contributed by atoms with E-state index in [0.717, 1.165) is 18.2 Å². The number of rotatable bonds is 12. The number of ketones is 1. The number of pyridine rings is 2. The van der Waals surface area contributed by atoms with E-state index in [1.165, 1.54) is 74.2 Å². The van der Waals surface area contributed by atoms with Crippen molar-refractivity contribution in [3.8, 4) is 22.5 Å². The maximum absolute atomic E-state index is 14.2. The summed E-state index contributed by atoms with van der Waals surface area (Å²) in [5.41, 5.74) is -0.696. The molecule has 8 rings (SSSR count). The van der Waals surface area contributed by atoms with E-state index in [9.17, 15) is 35.9 Å². The third kappa shape index (κ3) is 8.74. The molecular weight excluding hydrogens is 795 g/mol. The molecule has 0 radical (unpaired) electrons. The summed E-state index contributed by atoms with van der Waals surface area (Å²) in [6.45, 7) is 1.71. The number of nitrogens with zero attached hydrogens (tertiary/aromatic N) is 8. The molecule has 0 aliphatic heterocycles. The Labute approximate surface area is 337 Å². The molecule has 4 heterocycles. The zero-order valence-electron chi connectivity index (χ0n) is 31.6. The zero-order valence-corrected chi connectivity index (χ0v) is 31.6. The van der Waals surface area contributed by atoms with E-state index in [1.807, 2.05) is 0 Å². The number of carboxylic acids is 1. The van der Waals surface area contributed by atoms with Gasteiger partial charge in [-0.25, -0.2) is 41.1 Å². The summed E-state index contributed by atoms with van der Waals surface area (Å²) in [4.78, 5) is 39.0. The second-order valence-electron chi connectivity index (χ2n) is 14.5. The third-order valence-corrected chi connectivity index (χ3v) is 10.4. The van der Waals surface area contributed by atoms with E-state index in [0.29, 0.717) is 5.56 Å². The van der Waals surface area contributed by atoms with Gasteiger partial charge in [0, 0.05) is 53.0 Å². The van der Waals surface area contributed by atoms with Gasteiger partial charge in [0.2, 0.25) is 11.9 Å². The number of hydrogen-bond donors (Lipinski definition) is 3. The predicted octanol–water partition coefficient (Wildman–Crippen LogP) is 7.29. The van der Waals surface area contributed by atoms with Gasteiger partial charge in [-0.1, -0.05) is 0 Å². The second-order valence-corrected chi connectivity index (χ2v) is 14.5. The van der Waals surface area contributed by atoms with Crippen LogP contribution in [0.25, 0.3) is 22.5 Å². The van der Waals surface area contributed by atoms with Gasteiger partial charge in [0.05, 0.1) is 29.3 Å². The first-order valence-corrected chi connectivity index (χ1v) is 18.5. The van der Waals surface area contributed by atoms with E-state index in [-0.39, 0.29) is 95.9 Å². The molecule has 308 valence electrons. The van der Waals surface area contributed by atoms with Crippen LogP contribution in [0, 0.1) is 23.3 Å². The Morgan fingerprint density at radius 3 is 1.43 bits per heavy atom. The first-order chi connectivity index (χ1) is 28.8. The SMILES string of the molecule is CC(=O)c1ccc(F)c(-c2cnc(NCC3(c4ncccc4F)CC(F)C3)nn2)c1.O=C(O)c1ccc(F)c(-c2cnc(NCC3(c4ncccc4F)CC(F)C3)nn2)c1. The first kappa shape index (κ1) is 41.2. The molecule has 0 spiro atoms. The second kappa shape index (κ2) is 17.1. The van der Waals surface area contributed by atoms with Crippen molar-refractivity contribution in [1.82, 2.24) is 40.3 Å². The number of anilines is 2. The average molecular weight is 829 g/mol. The maximum atomic E-state index is 14.2. The third-order valence-electron chi connectivity index (χ3n) is 10.4. The quantitative estimate of drug-likeness (QED) is 0.0827. The number of carbonyl (C=O) groups excluding carboxylic acids is 1. The minimum atomic E-state index is -1.20. The molecule has 0 saturated heterocycles. The van der Waals surface area contributed by atoms with Crippen molar-refractivity contribution >= 4 is 23.6 Å². The van der Waals surface area contributed by atoms with E-state index in [2.05, 4.69) is 51.0 Å². The molecule has 2 aromatic carbocycles. The van der Waals surface area contributed by atoms with Gasteiger partial charge in [0.15, 0.2) is 5.78 Å². The molecule has 0 amide bonds. The van der Waals surface area contributed by atoms with Crippen LogP contribution in [0.5, 0.6) is 0 Å². The molecule has 0 unspecified atom stereocenters. The van der Waals surface area contributed by atoms with E-state index in [4.69, 9.17) is 5.11 Å². The fourth-order valence-electron chi connectivity index (χ4n) is 7.22. The standard InChI is InChI=1S/C21H18F3N5O.C20H16F3N5O2/c1-12(30)13-4-5-16(23)15(7-13)18-10-26-20(29-28-18)27-11-21(8-14(22)9-21)19-17(24)3-2-6-25-19;21-12-7-20(8-12,17-15(23)2-1-5-24-17)10-26-19-25-9-16(27-28-19)13-6-11(18(29)30)3-4-14(13)22/h2-7,10,14H,8-9,11H2,1H3,(H,26,27,29);1-6,9,12H,7-8,10H2,(H,29,30)(H,25,26,28). The highest BCUT2D eigenvalue weighted by Crippen LogP contribution is 2.46. The van der Waals surface area contributed by atoms with Gasteiger partial charge in [-0.05, 0) is 93.3 Å². The summed E-state index contributed by atoms with van der Waals surface area (Å²) < 4.78 is 83.9. The summed E-state index contributed by atoms with van der Waals surface area (Å²) >= 11 is 0. The molecule has 13 nitrogen and oxygen atoms in total. The highest BCUT2D eigenvalue weighted by molar-refractivity contribution is 5.95. The predicted molar refractivity (Wildman–Crippen MR) is 204 cm³/mol. The Morgan fingerprint density at radius 1 is 0.633 bits per heavy atom. The number of Topliss-reactive ketones (excluding diaryl/α,β-unsaturated/α-hetero) is 1. The molecule has 4 aromatic heterocycles. The van der Waals surface area contributed by atoms with Crippen molar-refractivity contribution in [3.05, 3.63) is 131 Å². The fourth-order valence-corrected chi connectivity index (χ4v) is 7.22. The molecular formula is C41H34F6N10O3. The number of carbonyl (C=O) groups is 2. The van der Waals surface area contributed by atoms with Crippen LogP contribution in [0.15, 0.2) is 85.5 Å². The largest absolute Gasteiger partial charge is 0.478 e. The normalized spacial score (nSPS) is 20.4. The van der Waals surface area contributed by atoms with Crippen molar-refractivity contribution in [2.24, 2.45) is 0 Å². The Morgan fingerprint density at radius 2 is 1.07 bits per heavy atom. The molecule has 19 heteroatoms. The molecule has 3 N–H and O–H groups in total. The molecule has 2 saturated carbocycles. The highest BCUT2D eigenvalue weighted by atomic mass is 19.2. The molecule has 2 fully saturated rings. The summed E-state index contributed by atoms with van der Waals surface area (Å²) in [7, 11) is 0. The van der Waals surface area contributed by atoms with Crippen LogP contribution < -0.4 is 10.6 Å². The summed E-state index contributed by atoms with van der Waals surface area (Å²) in [6, 6.07) is 12.8. The molecule has 0 bridgehead atoms. The smallest absolute Gasteiger partial charge is 0.335 e. The number of carboxylic acid groups (broad SMARTS) is 1. The van der Waals surface area contributed by atoms with Crippen LogP contribution in [0.3, 0.4) is 0 Å². The summed E-state index contributed by atoms with van der Waals surface area (Å²) in [5, 5.41) is 30.6. The number of aromatic carboxylic acids is 1. The minimum Gasteiger partial charge on any atom is -0.478 e. The molecule has 60 heavy (non-hydrogen) atoms. The fraction of sp³-hybridized carbons (Fsp3) is 0.268. The number of halogens is 6. The van der Waals surface area contributed by atoms with Crippen molar-refractivity contribution in [3.63, 3.8) is 0 Å². The van der Waals surface area contributed by atoms with E-state index in [1.54, 1.807) is 0 Å². The van der Waals surface area contributed by atoms with Gasteiger partial charge < -0.3 is 15.7 Å². The maximum Gasteiger partial charge on any atom is 0.335 e. The van der Waals surface area contributed by atoms with Crippen molar-refractivity contribution in [2.75, 3.05) is 23.7 Å². The molecule has 0 atom stereocenters. The van der Waals surface area contributed by atoms with Crippen molar-refractivity contribution < 1.29 is 41.0 Å². The lowest BCUT2D eigenvalue weighted by Gasteiger charge is -2.43. The Bertz CT molecular complexity index is 2350. The lowest BCUT2D eigenvalue weighted by Crippen LogP contribution is -2.49. The Kier molecular flexibility index (Phi) is 11.8. The number of aromatic nitrogens is 8. The van der Waals surface area contributed by atoms with Crippen LogP contribution in [0.2, 0.25) is 0 Å². The van der Waals surface area contributed by atoms with Gasteiger partial charge >= 0.3 is 5.97 Å². The number of hydrogen-bond acceptors (Lipinski definition) is 12. The van der Waals surface area contributed by atoms with Crippen LogP contribution >= 0.6 is 0 Å². The van der Waals surface area contributed by atoms with E-state index < -0.39 is 52.4 Å². The Balaban J connectivity index is 0.000000181. The minimum absolute atomic E-state index is 0.0484. The monoisotopic (exact) mass is 828 g/mol. The molecule has 2 aliphatic rings. The lowest BCUT2D eigenvalue weighted by atomic mass is 9.65. The Hall–Kier alpha value is -6.92. The summed E-state index contributed by atoms with van der Waals surface area (Å²) in [6.07, 6.45) is 3.95. The van der Waals surface area contributed by atoms with Gasteiger partial charge in [-0.15, -0.1) is 20.4 Å². The van der Waals surface area contributed by atoms with Crippen molar-refractivity contribution in [2.45, 2.75) is 55.8 Å². The highest BCUT2D eigenvalue weighted by Gasteiger charge is 2.49. The van der Waals surface area contributed by atoms with Gasteiger partial charge in [-0.2, -0.15) is 0 Å². The topological polar surface area (TPSA) is 182 Å². The van der Waals surface area contributed by atoms with Crippen LogP contribution in [0.1, 0.15) is 64.7 Å².